The van der Waals surface area contributed by atoms with E-state index in [0.717, 1.165) is 11.0 Å². The third-order valence-corrected chi connectivity index (χ3v) is 3.87. The number of sulfonamides is 1. The Morgan fingerprint density at radius 2 is 1.90 bits per heavy atom. The molecule has 0 radical (unpaired) electrons. The standard InChI is InChI=1S/C14H21NO4S/c1-14(19-3,12-18-2)11-15-20(16,17)10-9-13-7-5-4-6-8-13/h4-10,15H,11-12H2,1-3H3. The van der Waals surface area contributed by atoms with Gasteiger partial charge in [0.15, 0.2) is 0 Å². The number of benzene rings is 1. The molecule has 0 bridgehead atoms. The van der Waals surface area contributed by atoms with Gasteiger partial charge in [-0.2, -0.15) is 0 Å². The summed E-state index contributed by atoms with van der Waals surface area (Å²) >= 11 is 0. The Morgan fingerprint density at radius 1 is 1.25 bits per heavy atom. The molecule has 1 aromatic carbocycles. The monoisotopic (exact) mass is 299 g/mol. The number of methoxy groups -OCH3 is 2. The van der Waals surface area contributed by atoms with Crippen molar-refractivity contribution in [3.8, 4) is 0 Å². The van der Waals surface area contributed by atoms with Crippen LogP contribution in [0.5, 0.6) is 0 Å². The van der Waals surface area contributed by atoms with Gasteiger partial charge in [-0.1, -0.05) is 30.3 Å². The minimum atomic E-state index is -3.51. The van der Waals surface area contributed by atoms with Crippen molar-refractivity contribution in [2.75, 3.05) is 27.4 Å². The van der Waals surface area contributed by atoms with Crippen molar-refractivity contribution in [3.05, 3.63) is 41.3 Å². The third-order valence-electron chi connectivity index (χ3n) is 2.83. The fourth-order valence-electron chi connectivity index (χ4n) is 1.52. The molecule has 1 aromatic rings. The van der Waals surface area contributed by atoms with Gasteiger partial charge in [0.1, 0.15) is 5.60 Å². The lowest BCUT2D eigenvalue weighted by molar-refractivity contribution is -0.0460. The molecule has 0 heterocycles. The molecule has 0 saturated heterocycles. The van der Waals surface area contributed by atoms with E-state index in [-0.39, 0.29) is 6.54 Å². The van der Waals surface area contributed by atoms with E-state index in [9.17, 15) is 8.42 Å². The first-order valence-electron chi connectivity index (χ1n) is 6.18. The highest BCUT2D eigenvalue weighted by molar-refractivity contribution is 7.92. The Hall–Kier alpha value is -1.21. The van der Waals surface area contributed by atoms with Gasteiger partial charge >= 0.3 is 0 Å². The lowest BCUT2D eigenvalue weighted by atomic mass is 10.1. The van der Waals surface area contributed by atoms with E-state index in [0.29, 0.717) is 6.61 Å². The topological polar surface area (TPSA) is 64.6 Å². The smallest absolute Gasteiger partial charge is 0.233 e. The van der Waals surface area contributed by atoms with E-state index in [2.05, 4.69) is 4.72 Å². The average molecular weight is 299 g/mol. The zero-order chi connectivity index (χ0) is 15.1. The van der Waals surface area contributed by atoms with Crippen LogP contribution >= 0.6 is 0 Å². The third kappa shape index (κ3) is 5.83. The summed E-state index contributed by atoms with van der Waals surface area (Å²) in [5.74, 6) is 0. The summed E-state index contributed by atoms with van der Waals surface area (Å²) in [5, 5.41) is 1.14. The quantitative estimate of drug-likeness (QED) is 0.792. The Kier molecular flexibility index (Phi) is 6.35. The van der Waals surface area contributed by atoms with E-state index in [1.165, 1.54) is 7.11 Å². The fraction of sp³-hybridized carbons (Fsp3) is 0.429. The maximum atomic E-state index is 11.9. The van der Waals surface area contributed by atoms with Crippen molar-refractivity contribution in [2.24, 2.45) is 0 Å². The normalized spacial score (nSPS) is 15.3. The molecule has 112 valence electrons. The molecule has 0 aliphatic carbocycles. The van der Waals surface area contributed by atoms with Crippen molar-refractivity contribution in [2.45, 2.75) is 12.5 Å². The van der Waals surface area contributed by atoms with Gasteiger partial charge in [-0.05, 0) is 18.6 Å². The highest BCUT2D eigenvalue weighted by Crippen LogP contribution is 2.09. The lowest BCUT2D eigenvalue weighted by Gasteiger charge is -2.26. The summed E-state index contributed by atoms with van der Waals surface area (Å²) in [6, 6.07) is 9.23. The van der Waals surface area contributed by atoms with Gasteiger partial charge in [-0.25, -0.2) is 13.1 Å². The largest absolute Gasteiger partial charge is 0.382 e. The number of rotatable bonds is 8. The van der Waals surface area contributed by atoms with Crippen LogP contribution in [0, 0.1) is 0 Å². The highest BCUT2D eigenvalue weighted by Gasteiger charge is 2.25. The summed E-state index contributed by atoms with van der Waals surface area (Å²) in [4.78, 5) is 0. The van der Waals surface area contributed by atoms with E-state index in [1.54, 1.807) is 20.1 Å². The molecule has 0 aliphatic rings. The van der Waals surface area contributed by atoms with Crippen LogP contribution in [0.25, 0.3) is 6.08 Å². The molecule has 1 atom stereocenters. The van der Waals surface area contributed by atoms with E-state index in [4.69, 9.17) is 9.47 Å². The Balaban J connectivity index is 2.64. The van der Waals surface area contributed by atoms with Gasteiger partial charge in [-0.15, -0.1) is 0 Å². The van der Waals surface area contributed by atoms with Gasteiger partial charge in [0.25, 0.3) is 0 Å². The van der Waals surface area contributed by atoms with Crippen molar-refractivity contribution >= 4 is 16.1 Å². The van der Waals surface area contributed by atoms with E-state index >= 15 is 0 Å². The Labute approximate surface area is 120 Å². The van der Waals surface area contributed by atoms with Crippen LogP contribution in [0.15, 0.2) is 35.7 Å². The van der Waals surface area contributed by atoms with Crippen LogP contribution in [0.3, 0.4) is 0 Å². The Morgan fingerprint density at radius 3 is 2.45 bits per heavy atom. The molecule has 0 amide bonds. The summed E-state index contributed by atoms with van der Waals surface area (Å²) in [7, 11) is -0.444. The van der Waals surface area contributed by atoms with Crippen LogP contribution in [0.2, 0.25) is 0 Å². The molecule has 5 nitrogen and oxygen atoms in total. The zero-order valence-corrected chi connectivity index (χ0v) is 12.8. The Bertz CT molecular complexity index is 527. The molecule has 1 unspecified atom stereocenters. The summed E-state index contributed by atoms with van der Waals surface area (Å²) < 4.78 is 36.5. The van der Waals surface area contributed by atoms with E-state index in [1.807, 2.05) is 30.3 Å². The molecule has 0 fully saturated rings. The van der Waals surface area contributed by atoms with Crippen molar-refractivity contribution in [3.63, 3.8) is 0 Å². The summed E-state index contributed by atoms with van der Waals surface area (Å²) in [6.45, 7) is 2.22. The molecule has 6 heteroatoms. The van der Waals surface area contributed by atoms with Crippen LogP contribution < -0.4 is 4.72 Å². The van der Waals surface area contributed by atoms with Gasteiger partial charge in [0, 0.05) is 26.2 Å². The molecular weight excluding hydrogens is 278 g/mol. The van der Waals surface area contributed by atoms with Crippen LogP contribution in [-0.2, 0) is 19.5 Å². The first kappa shape index (κ1) is 16.8. The number of hydrogen-bond acceptors (Lipinski definition) is 4. The van der Waals surface area contributed by atoms with Crippen molar-refractivity contribution in [1.82, 2.24) is 4.72 Å². The fourth-order valence-corrected chi connectivity index (χ4v) is 2.46. The van der Waals surface area contributed by atoms with Gasteiger partial charge < -0.3 is 9.47 Å². The van der Waals surface area contributed by atoms with E-state index < -0.39 is 15.6 Å². The first-order chi connectivity index (χ1) is 9.41. The molecule has 1 rings (SSSR count). The van der Waals surface area contributed by atoms with Crippen molar-refractivity contribution in [1.29, 1.82) is 0 Å². The number of ether oxygens (including phenoxy) is 2. The van der Waals surface area contributed by atoms with Crippen molar-refractivity contribution < 1.29 is 17.9 Å². The molecule has 1 N–H and O–H groups in total. The van der Waals surface area contributed by atoms with Crippen LogP contribution in [0.1, 0.15) is 12.5 Å². The van der Waals surface area contributed by atoms with Crippen LogP contribution in [-0.4, -0.2) is 41.4 Å². The molecule has 0 spiro atoms. The predicted molar refractivity (Wildman–Crippen MR) is 79.7 cm³/mol. The maximum absolute atomic E-state index is 11.9. The second kappa shape index (κ2) is 7.54. The molecule has 20 heavy (non-hydrogen) atoms. The highest BCUT2D eigenvalue weighted by atomic mass is 32.2. The maximum Gasteiger partial charge on any atom is 0.233 e. The van der Waals surface area contributed by atoms with Gasteiger partial charge in [0.05, 0.1) is 6.61 Å². The lowest BCUT2D eigenvalue weighted by Crippen LogP contribution is -2.44. The first-order valence-corrected chi connectivity index (χ1v) is 7.72. The van der Waals surface area contributed by atoms with Gasteiger partial charge in [0.2, 0.25) is 10.0 Å². The SMILES string of the molecule is COCC(C)(CNS(=O)(=O)C=Cc1ccccc1)OC. The number of nitrogens with one attached hydrogen (secondary N) is 1. The zero-order valence-electron chi connectivity index (χ0n) is 12.0. The second-order valence-electron chi connectivity index (χ2n) is 4.67. The molecular formula is C14H21NO4S. The minimum absolute atomic E-state index is 0.138. The number of hydrogen-bond donors (Lipinski definition) is 1. The summed E-state index contributed by atoms with van der Waals surface area (Å²) in [6.07, 6.45) is 1.54. The second-order valence-corrected chi connectivity index (χ2v) is 6.32. The minimum Gasteiger partial charge on any atom is -0.382 e. The summed E-state index contributed by atoms with van der Waals surface area (Å²) in [5.41, 5.74) is 0.131. The molecule has 0 saturated carbocycles. The van der Waals surface area contributed by atoms with Crippen LogP contribution in [0.4, 0.5) is 0 Å². The average Bonchev–Trinajstić information content (AvgIpc) is 2.45. The molecule has 0 aromatic heterocycles. The van der Waals surface area contributed by atoms with Gasteiger partial charge in [-0.3, -0.25) is 0 Å². The molecule has 0 aliphatic heterocycles. The predicted octanol–water partition coefficient (Wildman–Crippen LogP) is 1.63.